The summed E-state index contributed by atoms with van der Waals surface area (Å²) in [6.45, 7) is 3.99. The highest BCUT2D eigenvalue weighted by Gasteiger charge is 2.17. The van der Waals surface area contributed by atoms with Crippen LogP contribution in [0, 0.1) is 13.8 Å². The molecule has 3 aromatic rings. The Morgan fingerprint density at radius 1 is 1.05 bits per heavy atom. The fourth-order valence-corrected chi connectivity index (χ4v) is 2.24. The molecule has 0 aliphatic rings. The van der Waals surface area contributed by atoms with Crippen molar-refractivity contribution in [3.8, 4) is 11.3 Å². The Bertz CT molecular complexity index is 804. The van der Waals surface area contributed by atoms with Gasteiger partial charge in [0.15, 0.2) is 5.76 Å². The van der Waals surface area contributed by atoms with Crippen molar-refractivity contribution >= 4 is 11.6 Å². The fourth-order valence-electron chi connectivity index (χ4n) is 2.24. The number of rotatable bonds is 3. The van der Waals surface area contributed by atoms with Crippen molar-refractivity contribution in [3.63, 3.8) is 0 Å². The molecule has 3 rings (SSSR count). The van der Waals surface area contributed by atoms with Gasteiger partial charge in [-0.25, -0.2) is 0 Å². The first kappa shape index (κ1) is 14.1. The summed E-state index contributed by atoms with van der Waals surface area (Å²) in [5.41, 5.74) is 4.24. The lowest BCUT2D eigenvalue weighted by atomic mass is 10.1. The molecule has 0 fully saturated rings. The topological polar surface area (TPSA) is 55.1 Å². The van der Waals surface area contributed by atoms with E-state index in [1.807, 2.05) is 62.4 Å². The Morgan fingerprint density at radius 2 is 1.82 bits per heavy atom. The van der Waals surface area contributed by atoms with Crippen molar-refractivity contribution in [2.45, 2.75) is 13.8 Å². The third kappa shape index (κ3) is 2.91. The average Bonchev–Trinajstić information content (AvgIpc) is 2.97. The third-order valence-corrected chi connectivity index (χ3v) is 3.40. The number of benzene rings is 2. The molecule has 110 valence electrons. The maximum absolute atomic E-state index is 12.4. The van der Waals surface area contributed by atoms with Crippen molar-refractivity contribution < 1.29 is 9.32 Å². The minimum atomic E-state index is -0.234. The second kappa shape index (κ2) is 5.85. The summed E-state index contributed by atoms with van der Waals surface area (Å²) < 4.78 is 5.26. The molecular formula is C18H16N2O2. The number of aromatic nitrogens is 1. The highest BCUT2D eigenvalue weighted by molar-refractivity contribution is 6.07. The molecule has 2 aromatic carbocycles. The van der Waals surface area contributed by atoms with Crippen molar-refractivity contribution in [1.82, 2.24) is 5.16 Å². The quantitative estimate of drug-likeness (QED) is 0.786. The van der Waals surface area contributed by atoms with Gasteiger partial charge in [-0.2, -0.15) is 0 Å². The molecule has 4 heteroatoms. The first-order chi connectivity index (χ1) is 10.6. The molecule has 4 nitrogen and oxygen atoms in total. The normalized spacial score (nSPS) is 10.5. The molecule has 0 saturated carbocycles. The number of nitrogens with one attached hydrogen (secondary N) is 1. The summed E-state index contributed by atoms with van der Waals surface area (Å²) in [5.74, 6) is 0.243. The zero-order valence-electron chi connectivity index (χ0n) is 12.5. The van der Waals surface area contributed by atoms with E-state index in [1.54, 1.807) is 0 Å². The summed E-state index contributed by atoms with van der Waals surface area (Å²) in [5, 5.41) is 6.63. The minimum absolute atomic E-state index is 0.234. The Hall–Kier alpha value is -2.88. The lowest BCUT2D eigenvalue weighted by Crippen LogP contribution is -2.12. The number of hydrogen-bond donors (Lipinski definition) is 1. The zero-order chi connectivity index (χ0) is 15.5. The van der Waals surface area contributed by atoms with Gasteiger partial charge in [0.1, 0.15) is 5.56 Å². The smallest absolute Gasteiger partial charge is 0.261 e. The van der Waals surface area contributed by atoms with E-state index < -0.39 is 0 Å². The molecule has 0 aliphatic carbocycles. The highest BCUT2D eigenvalue weighted by Crippen LogP contribution is 2.24. The molecule has 1 amide bonds. The van der Waals surface area contributed by atoms with Gasteiger partial charge in [-0.15, -0.1) is 0 Å². The van der Waals surface area contributed by atoms with Crippen molar-refractivity contribution in [2.75, 3.05) is 5.32 Å². The molecule has 0 saturated heterocycles. The fraction of sp³-hybridized carbons (Fsp3) is 0.111. The zero-order valence-corrected chi connectivity index (χ0v) is 12.5. The molecule has 1 heterocycles. The standard InChI is InChI=1S/C18H16N2O2/c1-12-6-8-14(9-7-12)17-16(11-19-22-17)18(21)20-15-5-3-4-13(2)10-15/h3-11H,1-2H3,(H,20,21). The molecule has 22 heavy (non-hydrogen) atoms. The van der Waals surface area contributed by atoms with Crippen LogP contribution in [0.15, 0.2) is 59.3 Å². The van der Waals surface area contributed by atoms with Gasteiger partial charge in [-0.05, 0) is 31.5 Å². The van der Waals surface area contributed by atoms with E-state index in [1.165, 1.54) is 6.20 Å². The molecular weight excluding hydrogens is 276 g/mol. The summed E-state index contributed by atoms with van der Waals surface area (Å²) in [7, 11) is 0. The second-order valence-corrected chi connectivity index (χ2v) is 5.26. The van der Waals surface area contributed by atoms with Crippen molar-refractivity contribution in [2.24, 2.45) is 0 Å². The number of amides is 1. The van der Waals surface area contributed by atoms with Crippen LogP contribution in [0.5, 0.6) is 0 Å². The average molecular weight is 292 g/mol. The summed E-state index contributed by atoms with van der Waals surface area (Å²) in [6.07, 6.45) is 1.44. The van der Waals surface area contributed by atoms with Crippen LogP contribution in [0.2, 0.25) is 0 Å². The summed E-state index contributed by atoms with van der Waals surface area (Å²) in [6, 6.07) is 15.4. The Kier molecular flexibility index (Phi) is 3.74. The van der Waals surface area contributed by atoms with E-state index >= 15 is 0 Å². The Balaban J connectivity index is 1.88. The first-order valence-electron chi connectivity index (χ1n) is 7.03. The van der Waals surface area contributed by atoms with Gasteiger partial charge in [-0.3, -0.25) is 4.79 Å². The molecule has 0 spiro atoms. The molecule has 0 unspecified atom stereocenters. The highest BCUT2D eigenvalue weighted by atomic mass is 16.5. The molecule has 0 atom stereocenters. The van der Waals surface area contributed by atoms with Gasteiger partial charge in [0.05, 0.1) is 6.20 Å². The van der Waals surface area contributed by atoms with Gasteiger partial charge in [0, 0.05) is 11.3 Å². The number of aryl methyl sites for hydroxylation is 2. The summed E-state index contributed by atoms with van der Waals surface area (Å²) in [4.78, 5) is 12.4. The van der Waals surface area contributed by atoms with E-state index in [0.29, 0.717) is 11.3 Å². The van der Waals surface area contributed by atoms with Crippen molar-refractivity contribution in [1.29, 1.82) is 0 Å². The van der Waals surface area contributed by atoms with Gasteiger partial charge in [0.2, 0.25) is 0 Å². The second-order valence-electron chi connectivity index (χ2n) is 5.26. The maximum atomic E-state index is 12.4. The Labute approximate surface area is 128 Å². The lowest BCUT2D eigenvalue weighted by Gasteiger charge is -2.06. The summed E-state index contributed by atoms with van der Waals surface area (Å²) >= 11 is 0. The van der Waals surface area contributed by atoms with Crippen LogP contribution >= 0.6 is 0 Å². The van der Waals surface area contributed by atoms with Crippen LogP contribution in [0.1, 0.15) is 21.5 Å². The van der Waals surface area contributed by atoms with Crippen LogP contribution < -0.4 is 5.32 Å². The van der Waals surface area contributed by atoms with E-state index in [4.69, 9.17) is 4.52 Å². The number of anilines is 1. The number of nitrogens with zero attached hydrogens (tertiary/aromatic N) is 1. The Morgan fingerprint density at radius 3 is 2.55 bits per heavy atom. The monoisotopic (exact) mass is 292 g/mol. The SMILES string of the molecule is Cc1ccc(-c2oncc2C(=O)Nc2cccc(C)c2)cc1. The van der Waals surface area contributed by atoms with E-state index in [-0.39, 0.29) is 5.91 Å². The molecule has 0 bridgehead atoms. The van der Waals surface area contributed by atoms with E-state index in [2.05, 4.69) is 10.5 Å². The lowest BCUT2D eigenvalue weighted by molar-refractivity contribution is 0.102. The third-order valence-electron chi connectivity index (χ3n) is 3.40. The van der Waals surface area contributed by atoms with E-state index in [9.17, 15) is 4.79 Å². The van der Waals surface area contributed by atoms with Gasteiger partial charge < -0.3 is 9.84 Å². The molecule has 1 aromatic heterocycles. The van der Waals surface area contributed by atoms with Gasteiger partial charge in [-0.1, -0.05) is 47.1 Å². The van der Waals surface area contributed by atoms with E-state index in [0.717, 1.165) is 22.4 Å². The largest absolute Gasteiger partial charge is 0.355 e. The van der Waals surface area contributed by atoms with Crippen LogP contribution in [0.4, 0.5) is 5.69 Å². The van der Waals surface area contributed by atoms with Gasteiger partial charge >= 0.3 is 0 Å². The van der Waals surface area contributed by atoms with Crippen LogP contribution in [-0.4, -0.2) is 11.1 Å². The minimum Gasteiger partial charge on any atom is -0.355 e. The van der Waals surface area contributed by atoms with Crippen molar-refractivity contribution in [3.05, 3.63) is 71.4 Å². The van der Waals surface area contributed by atoms with Crippen LogP contribution in [0.3, 0.4) is 0 Å². The molecule has 0 radical (unpaired) electrons. The molecule has 0 aliphatic heterocycles. The molecule has 1 N–H and O–H groups in total. The van der Waals surface area contributed by atoms with Crippen LogP contribution in [-0.2, 0) is 0 Å². The predicted molar refractivity (Wildman–Crippen MR) is 85.8 cm³/mol. The van der Waals surface area contributed by atoms with Crippen LogP contribution in [0.25, 0.3) is 11.3 Å². The number of carbonyl (C=O) groups is 1. The first-order valence-corrected chi connectivity index (χ1v) is 7.03. The maximum Gasteiger partial charge on any atom is 0.261 e. The number of hydrogen-bond acceptors (Lipinski definition) is 3. The predicted octanol–water partition coefficient (Wildman–Crippen LogP) is 4.21. The van der Waals surface area contributed by atoms with Gasteiger partial charge in [0.25, 0.3) is 5.91 Å². The number of carbonyl (C=O) groups excluding carboxylic acids is 1.